The molecule has 1 aromatic heterocycles. The van der Waals surface area contributed by atoms with Crippen LogP contribution in [0.15, 0.2) is 47.7 Å². The summed E-state index contributed by atoms with van der Waals surface area (Å²) in [7, 11) is 0. The van der Waals surface area contributed by atoms with Crippen molar-refractivity contribution >= 4 is 12.4 Å². The molecule has 0 aliphatic heterocycles. The number of rotatable bonds is 3. The van der Waals surface area contributed by atoms with E-state index < -0.39 is 0 Å². The molecule has 0 aliphatic carbocycles. The molecule has 0 radical (unpaired) electrons. The van der Waals surface area contributed by atoms with Crippen LogP contribution < -0.4 is 0 Å². The third-order valence-corrected chi connectivity index (χ3v) is 1.59. The summed E-state index contributed by atoms with van der Waals surface area (Å²) in [6.07, 6.45) is 9.28. The van der Waals surface area contributed by atoms with Gasteiger partial charge in [0.25, 0.3) is 0 Å². The third-order valence-electron chi connectivity index (χ3n) is 1.59. The highest BCUT2D eigenvalue weighted by molar-refractivity contribution is 5.68. The van der Waals surface area contributed by atoms with Gasteiger partial charge >= 0.3 is 0 Å². The standard InChI is InChI=1S/C11H12N2.C2H6/c1-3-4-5-11(12-2)10-6-8-13-9-7-10;1-2/h3-9H,2H2,1H3;1-2H3/b4-3-,11-5-;. The number of aliphatic imine (C=N–C) groups is 1. The normalized spacial score (nSPS) is 10.7. The molecule has 0 bridgehead atoms. The summed E-state index contributed by atoms with van der Waals surface area (Å²) >= 11 is 0. The lowest BCUT2D eigenvalue weighted by atomic mass is 10.2. The zero-order chi connectivity index (χ0) is 11.5. The molecule has 1 heterocycles. The monoisotopic (exact) mass is 202 g/mol. The largest absolute Gasteiger partial charge is 0.265 e. The molecule has 0 amide bonds. The smallest absolute Gasteiger partial charge is 0.0695 e. The fourth-order valence-corrected chi connectivity index (χ4v) is 0.950. The zero-order valence-corrected chi connectivity index (χ0v) is 9.64. The van der Waals surface area contributed by atoms with Crippen LogP contribution in [0.25, 0.3) is 5.70 Å². The minimum absolute atomic E-state index is 0.862. The Morgan fingerprint density at radius 1 is 1.33 bits per heavy atom. The first-order valence-corrected chi connectivity index (χ1v) is 5.08. The number of aromatic nitrogens is 1. The van der Waals surface area contributed by atoms with E-state index in [0.29, 0.717) is 0 Å². The van der Waals surface area contributed by atoms with Crippen molar-refractivity contribution in [3.05, 3.63) is 48.3 Å². The SMILES string of the molecule is C=N/C(=C\C=C/C)c1ccncc1.CC. The predicted octanol–water partition coefficient (Wildman–Crippen LogP) is 3.73. The van der Waals surface area contributed by atoms with Gasteiger partial charge in [0.05, 0.1) is 5.70 Å². The summed E-state index contributed by atoms with van der Waals surface area (Å²) in [6, 6.07) is 3.81. The van der Waals surface area contributed by atoms with Gasteiger partial charge in [0.2, 0.25) is 0 Å². The van der Waals surface area contributed by atoms with Gasteiger partial charge in [-0.05, 0) is 31.9 Å². The van der Waals surface area contributed by atoms with Gasteiger partial charge in [0.1, 0.15) is 0 Å². The summed E-state index contributed by atoms with van der Waals surface area (Å²) in [6.45, 7) is 9.48. The molecule has 2 heteroatoms. The van der Waals surface area contributed by atoms with Crippen molar-refractivity contribution in [1.29, 1.82) is 0 Å². The minimum atomic E-state index is 0.862. The van der Waals surface area contributed by atoms with E-state index in [2.05, 4.69) is 16.7 Å². The topological polar surface area (TPSA) is 25.2 Å². The van der Waals surface area contributed by atoms with Crippen molar-refractivity contribution in [2.45, 2.75) is 20.8 Å². The van der Waals surface area contributed by atoms with Crippen LogP contribution in [0, 0.1) is 0 Å². The summed E-state index contributed by atoms with van der Waals surface area (Å²) in [4.78, 5) is 7.86. The van der Waals surface area contributed by atoms with E-state index >= 15 is 0 Å². The lowest BCUT2D eigenvalue weighted by Crippen LogP contribution is -1.80. The molecule has 2 nitrogen and oxygen atoms in total. The highest BCUT2D eigenvalue weighted by Crippen LogP contribution is 2.13. The van der Waals surface area contributed by atoms with Crippen LogP contribution in [0.4, 0.5) is 0 Å². The van der Waals surface area contributed by atoms with Crippen LogP contribution >= 0.6 is 0 Å². The van der Waals surface area contributed by atoms with Crippen LogP contribution in [-0.4, -0.2) is 11.7 Å². The van der Waals surface area contributed by atoms with Crippen molar-refractivity contribution in [1.82, 2.24) is 4.98 Å². The molecule has 0 aromatic carbocycles. The molecule has 1 aromatic rings. The first kappa shape index (κ1) is 13.3. The maximum atomic E-state index is 3.94. The Kier molecular flexibility index (Phi) is 7.87. The number of pyridine rings is 1. The van der Waals surface area contributed by atoms with Gasteiger partial charge in [-0.1, -0.05) is 26.0 Å². The van der Waals surface area contributed by atoms with E-state index in [9.17, 15) is 0 Å². The molecule has 0 fully saturated rings. The van der Waals surface area contributed by atoms with Gasteiger partial charge < -0.3 is 0 Å². The van der Waals surface area contributed by atoms with Crippen LogP contribution in [-0.2, 0) is 0 Å². The molecule has 0 N–H and O–H groups in total. The van der Waals surface area contributed by atoms with Crippen molar-refractivity contribution in [3.63, 3.8) is 0 Å². The van der Waals surface area contributed by atoms with Crippen molar-refractivity contribution in [2.75, 3.05) is 0 Å². The molecular formula is C13H18N2. The third kappa shape index (κ3) is 4.91. The molecule has 80 valence electrons. The van der Waals surface area contributed by atoms with E-state index in [4.69, 9.17) is 0 Å². The molecule has 0 saturated carbocycles. The van der Waals surface area contributed by atoms with E-state index in [1.54, 1.807) is 12.4 Å². The summed E-state index contributed by atoms with van der Waals surface area (Å²) < 4.78 is 0. The number of hydrogen-bond acceptors (Lipinski definition) is 2. The van der Waals surface area contributed by atoms with Crippen molar-refractivity contribution in [3.8, 4) is 0 Å². The molecule has 0 aliphatic rings. The Bertz CT molecular complexity index is 324. The zero-order valence-electron chi connectivity index (χ0n) is 9.64. The van der Waals surface area contributed by atoms with Gasteiger partial charge in [0, 0.05) is 18.0 Å². The van der Waals surface area contributed by atoms with Crippen LogP contribution in [0.3, 0.4) is 0 Å². The first-order valence-electron chi connectivity index (χ1n) is 5.08. The molecule has 0 unspecified atom stereocenters. The summed E-state index contributed by atoms with van der Waals surface area (Å²) in [5.74, 6) is 0. The Hall–Kier alpha value is -1.70. The van der Waals surface area contributed by atoms with Gasteiger partial charge in [-0.25, -0.2) is 0 Å². The van der Waals surface area contributed by atoms with Gasteiger partial charge in [-0.2, -0.15) is 0 Å². The fourth-order valence-electron chi connectivity index (χ4n) is 0.950. The van der Waals surface area contributed by atoms with E-state index in [1.165, 1.54) is 0 Å². The van der Waals surface area contributed by atoms with E-state index in [-0.39, 0.29) is 0 Å². The molecular weight excluding hydrogens is 184 g/mol. The Morgan fingerprint density at radius 3 is 2.40 bits per heavy atom. The highest BCUT2D eigenvalue weighted by atomic mass is 14.7. The summed E-state index contributed by atoms with van der Waals surface area (Å²) in [5.41, 5.74) is 1.89. The number of nitrogens with zero attached hydrogens (tertiary/aromatic N) is 2. The Morgan fingerprint density at radius 2 is 1.93 bits per heavy atom. The first-order chi connectivity index (χ1) is 7.38. The second kappa shape index (κ2) is 8.88. The quantitative estimate of drug-likeness (QED) is 0.541. The number of allylic oxidation sites excluding steroid dienone is 3. The van der Waals surface area contributed by atoms with Gasteiger partial charge in [-0.15, -0.1) is 0 Å². The summed E-state index contributed by atoms with van der Waals surface area (Å²) in [5, 5.41) is 0. The van der Waals surface area contributed by atoms with Crippen LogP contribution in [0.2, 0.25) is 0 Å². The molecule has 15 heavy (non-hydrogen) atoms. The fraction of sp³-hybridized carbons (Fsp3) is 0.231. The average Bonchev–Trinajstić information content (AvgIpc) is 2.34. The average molecular weight is 202 g/mol. The van der Waals surface area contributed by atoms with Gasteiger partial charge in [-0.3, -0.25) is 9.98 Å². The maximum Gasteiger partial charge on any atom is 0.0695 e. The second-order valence-corrected chi connectivity index (χ2v) is 2.47. The molecule has 0 saturated heterocycles. The molecule has 1 rings (SSSR count). The predicted molar refractivity (Wildman–Crippen MR) is 67.9 cm³/mol. The van der Waals surface area contributed by atoms with Crippen LogP contribution in [0.1, 0.15) is 26.3 Å². The second-order valence-electron chi connectivity index (χ2n) is 2.47. The Balaban J connectivity index is 0.000000921. The van der Waals surface area contributed by atoms with Gasteiger partial charge in [0.15, 0.2) is 0 Å². The lowest BCUT2D eigenvalue weighted by molar-refractivity contribution is 1.31. The van der Waals surface area contributed by atoms with Crippen molar-refractivity contribution in [2.24, 2.45) is 4.99 Å². The molecule has 0 spiro atoms. The number of hydrogen-bond donors (Lipinski definition) is 0. The Labute approximate surface area is 92.1 Å². The minimum Gasteiger partial charge on any atom is -0.265 e. The van der Waals surface area contributed by atoms with E-state index in [0.717, 1.165) is 11.3 Å². The van der Waals surface area contributed by atoms with E-state index in [1.807, 2.05) is 51.1 Å². The maximum absolute atomic E-state index is 3.94. The lowest BCUT2D eigenvalue weighted by Gasteiger charge is -1.98. The molecule has 0 atom stereocenters. The highest BCUT2D eigenvalue weighted by Gasteiger charge is 1.94. The van der Waals surface area contributed by atoms with Crippen molar-refractivity contribution < 1.29 is 0 Å². The van der Waals surface area contributed by atoms with Crippen LogP contribution in [0.5, 0.6) is 0 Å².